The van der Waals surface area contributed by atoms with Crippen LogP contribution in [-0.4, -0.2) is 56.3 Å². The van der Waals surface area contributed by atoms with E-state index in [1.807, 2.05) is 0 Å². The van der Waals surface area contributed by atoms with Gasteiger partial charge in [-0.15, -0.1) is 0 Å². The van der Waals surface area contributed by atoms with E-state index in [1.54, 1.807) is 6.92 Å². The van der Waals surface area contributed by atoms with Crippen LogP contribution >= 0.6 is 15.9 Å². The molecule has 0 aliphatic rings. The number of amides is 1. The zero-order chi connectivity index (χ0) is 17.6. The molecule has 1 aromatic carbocycles. The van der Waals surface area contributed by atoms with E-state index in [9.17, 15) is 9.59 Å². The molecule has 0 radical (unpaired) electrons. The SMILES string of the molecule is CCN(CCC(=O)O)C(=O)c1cc(OC)c(OC)c(OC)c1Br. The standard InChI is InChI=1S/C15H20BrNO6/c1-5-17(7-6-11(18)19)15(20)9-8-10(21-2)13(22-3)14(23-4)12(9)16/h8H,5-7H2,1-4H3,(H,18,19). The lowest BCUT2D eigenvalue weighted by molar-refractivity contribution is -0.137. The smallest absolute Gasteiger partial charge is 0.305 e. The largest absolute Gasteiger partial charge is 0.493 e. The van der Waals surface area contributed by atoms with Crippen LogP contribution in [0, 0.1) is 0 Å². The molecule has 0 aliphatic carbocycles. The topological polar surface area (TPSA) is 85.3 Å². The lowest BCUT2D eigenvalue weighted by Crippen LogP contribution is -2.33. The average molecular weight is 390 g/mol. The Morgan fingerprint density at radius 1 is 1.17 bits per heavy atom. The first kappa shape index (κ1) is 19.1. The van der Waals surface area contributed by atoms with E-state index >= 15 is 0 Å². The predicted molar refractivity (Wildman–Crippen MR) is 87.6 cm³/mol. The minimum Gasteiger partial charge on any atom is -0.493 e. The third-order valence-corrected chi connectivity index (χ3v) is 4.05. The van der Waals surface area contributed by atoms with E-state index in [-0.39, 0.29) is 18.9 Å². The molecular formula is C15H20BrNO6. The first-order chi connectivity index (χ1) is 10.9. The molecule has 1 amide bonds. The van der Waals surface area contributed by atoms with Crippen molar-refractivity contribution < 1.29 is 28.9 Å². The van der Waals surface area contributed by atoms with Gasteiger partial charge in [-0.05, 0) is 28.9 Å². The van der Waals surface area contributed by atoms with Gasteiger partial charge in [0.15, 0.2) is 11.5 Å². The van der Waals surface area contributed by atoms with Crippen LogP contribution in [0.5, 0.6) is 17.2 Å². The Labute approximate surface area is 143 Å². The molecule has 128 valence electrons. The summed E-state index contributed by atoms with van der Waals surface area (Å²) >= 11 is 3.35. The molecular weight excluding hydrogens is 370 g/mol. The number of nitrogens with zero attached hydrogens (tertiary/aromatic N) is 1. The summed E-state index contributed by atoms with van der Waals surface area (Å²) in [6, 6.07) is 1.54. The fourth-order valence-corrected chi connectivity index (χ4v) is 2.71. The Kier molecular flexibility index (Phi) is 7.15. The van der Waals surface area contributed by atoms with Crippen LogP contribution < -0.4 is 14.2 Å². The minimum atomic E-state index is -0.958. The molecule has 8 heteroatoms. The Hall–Kier alpha value is -1.96. The number of carbonyl (C=O) groups excluding carboxylic acids is 1. The van der Waals surface area contributed by atoms with Crippen molar-refractivity contribution in [1.29, 1.82) is 0 Å². The zero-order valence-electron chi connectivity index (χ0n) is 13.5. The van der Waals surface area contributed by atoms with Gasteiger partial charge in [-0.25, -0.2) is 0 Å². The lowest BCUT2D eigenvalue weighted by Gasteiger charge is -2.22. The van der Waals surface area contributed by atoms with Crippen LogP contribution in [0.15, 0.2) is 10.5 Å². The summed E-state index contributed by atoms with van der Waals surface area (Å²) in [5, 5.41) is 8.79. The Morgan fingerprint density at radius 3 is 2.22 bits per heavy atom. The highest BCUT2D eigenvalue weighted by atomic mass is 79.9. The van der Waals surface area contributed by atoms with Gasteiger partial charge in [-0.1, -0.05) is 0 Å². The second kappa shape index (κ2) is 8.61. The number of carboxylic acid groups (broad SMARTS) is 1. The molecule has 1 aromatic rings. The number of rotatable bonds is 8. The van der Waals surface area contributed by atoms with Gasteiger partial charge < -0.3 is 24.2 Å². The van der Waals surface area contributed by atoms with Crippen LogP contribution in [0.3, 0.4) is 0 Å². The van der Waals surface area contributed by atoms with Crippen molar-refractivity contribution in [2.75, 3.05) is 34.4 Å². The van der Waals surface area contributed by atoms with Gasteiger partial charge in [-0.3, -0.25) is 9.59 Å². The predicted octanol–water partition coefficient (Wildman–Crippen LogP) is 2.41. The molecule has 0 aliphatic heterocycles. The lowest BCUT2D eigenvalue weighted by atomic mass is 10.1. The highest BCUT2D eigenvalue weighted by molar-refractivity contribution is 9.10. The first-order valence-electron chi connectivity index (χ1n) is 6.90. The van der Waals surface area contributed by atoms with Crippen molar-refractivity contribution in [3.8, 4) is 17.2 Å². The molecule has 7 nitrogen and oxygen atoms in total. The first-order valence-corrected chi connectivity index (χ1v) is 7.70. The maximum atomic E-state index is 12.7. The third-order valence-electron chi connectivity index (χ3n) is 3.26. The van der Waals surface area contributed by atoms with Crippen LogP contribution in [0.1, 0.15) is 23.7 Å². The molecule has 0 atom stereocenters. The van der Waals surface area contributed by atoms with Crippen LogP contribution in [-0.2, 0) is 4.79 Å². The van der Waals surface area contributed by atoms with Gasteiger partial charge in [0.2, 0.25) is 5.75 Å². The van der Waals surface area contributed by atoms with Crippen molar-refractivity contribution in [3.05, 3.63) is 16.1 Å². The number of hydrogen-bond donors (Lipinski definition) is 1. The average Bonchev–Trinajstić information content (AvgIpc) is 2.54. The minimum absolute atomic E-state index is 0.119. The van der Waals surface area contributed by atoms with Gasteiger partial charge in [0.1, 0.15) is 0 Å². The molecule has 0 unspecified atom stereocenters. The van der Waals surface area contributed by atoms with Crippen LogP contribution in [0.4, 0.5) is 0 Å². The number of benzene rings is 1. The summed E-state index contributed by atoms with van der Waals surface area (Å²) in [5.74, 6) is -0.221. The molecule has 23 heavy (non-hydrogen) atoms. The van der Waals surface area contributed by atoms with Gasteiger partial charge in [-0.2, -0.15) is 0 Å². The van der Waals surface area contributed by atoms with Gasteiger partial charge in [0.05, 0.1) is 37.8 Å². The van der Waals surface area contributed by atoms with E-state index in [2.05, 4.69) is 15.9 Å². The highest BCUT2D eigenvalue weighted by Crippen LogP contribution is 2.45. The Morgan fingerprint density at radius 2 is 1.78 bits per heavy atom. The highest BCUT2D eigenvalue weighted by Gasteiger charge is 2.25. The number of carboxylic acids is 1. The fraction of sp³-hybridized carbons (Fsp3) is 0.467. The number of ether oxygens (including phenoxy) is 3. The summed E-state index contributed by atoms with van der Waals surface area (Å²) < 4.78 is 16.2. The summed E-state index contributed by atoms with van der Waals surface area (Å²) in [4.78, 5) is 24.9. The number of methoxy groups -OCH3 is 3. The summed E-state index contributed by atoms with van der Waals surface area (Å²) in [6.07, 6.45) is -0.123. The molecule has 0 aromatic heterocycles. The summed E-state index contributed by atoms with van der Waals surface area (Å²) in [7, 11) is 4.39. The van der Waals surface area contributed by atoms with E-state index in [0.717, 1.165) is 0 Å². The molecule has 1 rings (SSSR count). The monoisotopic (exact) mass is 389 g/mol. The van der Waals surface area contributed by atoms with E-state index < -0.39 is 5.97 Å². The number of hydrogen-bond acceptors (Lipinski definition) is 5. The Bertz CT molecular complexity index is 590. The van der Waals surface area contributed by atoms with Crippen molar-refractivity contribution in [1.82, 2.24) is 4.90 Å². The normalized spacial score (nSPS) is 10.1. The molecule has 0 fully saturated rings. The van der Waals surface area contributed by atoms with Crippen molar-refractivity contribution in [3.63, 3.8) is 0 Å². The third kappa shape index (κ3) is 4.28. The van der Waals surface area contributed by atoms with E-state index in [0.29, 0.717) is 33.8 Å². The maximum absolute atomic E-state index is 12.7. The van der Waals surface area contributed by atoms with Gasteiger partial charge in [0.25, 0.3) is 5.91 Å². The zero-order valence-corrected chi connectivity index (χ0v) is 15.1. The maximum Gasteiger partial charge on any atom is 0.305 e. The van der Waals surface area contributed by atoms with Crippen molar-refractivity contribution >= 4 is 27.8 Å². The van der Waals surface area contributed by atoms with Crippen molar-refractivity contribution in [2.24, 2.45) is 0 Å². The summed E-state index contributed by atoms with van der Waals surface area (Å²) in [6.45, 7) is 2.29. The summed E-state index contributed by atoms with van der Waals surface area (Å²) in [5.41, 5.74) is 0.312. The number of halogens is 1. The number of aliphatic carboxylic acids is 1. The second-order valence-electron chi connectivity index (χ2n) is 4.54. The number of carbonyl (C=O) groups is 2. The van der Waals surface area contributed by atoms with Crippen LogP contribution in [0.2, 0.25) is 0 Å². The van der Waals surface area contributed by atoms with E-state index in [4.69, 9.17) is 19.3 Å². The molecule has 0 saturated heterocycles. The quantitative estimate of drug-likeness (QED) is 0.734. The molecule has 0 spiro atoms. The second-order valence-corrected chi connectivity index (χ2v) is 5.33. The Balaban J connectivity index is 3.29. The molecule has 0 bridgehead atoms. The van der Waals surface area contributed by atoms with Gasteiger partial charge >= 0.3 is 5.97 Å². The fourth-order valence-electron chi connectivity index (χ4n) is 2.08. The molecule has 0 saturated carbocycles. The molecule has 0 heterocycles. The molecule has 1 N–H and O–H groups in total. The van der Waals surface area contributed by atoms with Crippen LogP contribution in [0.25, 0.3) is 0 Å². The van der Waals surface area contributed by atoms with Crippen molar-refractivity contribution in [2.45, 2.75) is 13.3 Å². The van der Waals surface area contributed by atoms with E-state index in [1.165, 1.54) is 32.3 Å². The van der Waals surface area contributed by atoms with Gasteiger partial charge in [0, 0.05) is 13.1 Å².